The van der Waals surface area contributed by atoms with Gasteiger partial charge in [0.1, 0.15) is 5.78 Å². The van der Waals surface area contributed by atoms with Crippen LogP contribution in [0.25, 0.3) is 0 Å². The van der Waals surface area contributed by atoms with Gasteiger partial charge in [0, 0.05) is 0 Å². The summed E-state index contributed by atoms with van der Waals surface area (Å²) in [5, 5.41) is 0. The standard InChI is InChI=1S/C3H6ClNO/c1-3(6)2-5-4/h5H,2H2,1H3. The van der Waals surface area contributed by atoms with Gasteiger partial charge in [0.25, 0.3) is 0 Å². The van der Waals surface area contributed by atoms with E-state index < -0.39 is 0 Å². The average Bonchev–Trinajstić information content (AvgIpc) is 1.35. The zero-order chi connectivity index (χ0) is 4.99. The number of halogens is 1. The third-order valence-electron chi connectivity index (χ3n) is 0.316. The molecule has 0 rings (SSSR count). The summed E-state index contributed by atoms with van der Waals surface area (Å²) in [7, 11) is 0. The second-order valence-electron chi connectivity index (χ2n) is 1.01. The topological polar surface area (TPSA) is 29.1 Å². The SMILES string of the molecule is CC(=O)CNCl. The van der Waals surface area contributed by atoms with E-state index in [0.717, 1.165) is 0 Å². The Morgan fingerprint density at radius 2 is 2.50 bits per heavy atom. The highest BCUT2D eigenvalue weighted by atomic mass is 35.5. The number of hydrogen-bond donors (Lipinski definition) is 1. The molecule has 1 N–H and O–H groups in total. The molecule has 0 radical (unpaired) electrons. The van der Waals surface area contributed by atoms with Crippen molar-refractivity contribution in [1.29, 1.82) is 0 Å². The average molecular weight is 108 g/mol. The second-order valence-corrected chi connectivity index (χ2v) is 1.28. The van der Waals surface area contributed by atoms with Crippen LogP contribution in [0, 0.1) is 0 Å². The van der Waals surface area contributed by atoms with Crippen molar-refractivity contribution in [2.75, 3.05) is 6.54 Å². The molecule has 0 bridgehead atoms. The van der Waals surface area contributed by atoms with Crippen LogP contribution in [0.4, 0.5) is 0 Å². The maximum absolute atomic E-state index is 9.90. The Morgan fingerprint density at radius 3 is 2.50 bits per heavy atom. The van der Waals surface area contributed by atoms with Gasteiger partial charge in [-0.05, 0) is 18.7 Å². The highest BCUT2D eigenvalue weighted by Gasteiger charge is 1.83. The molecular formula is C3H6ClNO. The first-order valence-corrected chi connectivity index (χ1v) is 1.98. The summed E-state index contributed by atoms with van der Waals surface area (Å²) in [6.07, 6.45) is 0. The predicted octanol–water partition coefficient (Wildman–Crippen LogP) is 0.319. The predicted molar refractivity (Wildman–Crippen MR) is 24.5 cm³/mol. The smallest absolute Gasteiger partial charge is 0.144 e. The fourth-order valence-electron chi connectivity index (χ4n) is 0.0941. The van der Waals surface area contributed by atoms with Gasteiger partial charge < -0.3 is 0 Å². The van der Waals surface area contributed by atoms with Gasteiger partial charge in [-0.2, -0.15) is 0 Å². The lowest BCUT2D eigenvalue weighted by atomic mass is 10.5. The molecule has 0 fully saturated rings. The third kappa shape index (κ3) is 3.92. The van der Waals surface area contributed by atoms with Crippen molar-refractivity contribution < 1.29 is 4.79 Å². The van der Waals surface area contributed by atoms with Crippen molar-refractivity contribution in [1.82, 2.24) is 4.84 Å². The molecule has 0 saturated carbocycles. The molecule has 6 heavy (non-hydrogen) atoms. The minimum atomic E-state index is 0.0463. The summed E-state index contributed by atoms with van der Waals surface area (Å²) < 4.78 is 0. The lowest BCUT2D eigenvalue weighted by Gasteiger charge is -1.82. The lowest BCUT2D eigenvalue weighted by Crippen LogP contribution is -2.09. The summed E-state index contributed by atoms with van der Waals surface area (Å²) in [6, 6.07) is 0. The minimum Gasteiger partial charge on any atom is -0.299 e. The van der Waals surface area contributed by atoms with Crippen LogP contribution in [0.5, 0.6) is 0 Å². The number of Topliss-reactive ketones (excluding diaryl/α,β-unsaturated/α-hetero) is 1. The van der Waals surface area contributed by atoms with Gasteiger partial charge >= 0.3 is 0 Å². The zero-order valence-electron chi connectivity index (χ0n) is 3.49. The number of carbonyl (C=O) groups excluding carboxylic acids is 1. The quantitative estimate of drug-likeness (QED) is 0.515. The maximum atomic E-state index is 9.90. The van der Waals surface area contributed by atoms with E-state index in [1.54, 1.807) is 0 Å². The molecule has 0 unspecified atom stereocenters. The van der Waals surface area contributed by atoms with Crippen molar-refractivity contribution in [2.45, 2.75) is 6.92 Å². The second kappa shape index (κ2) is 3.12. The lowest BCUT2D eigenvalue weighted by molar-refractivity contribution is -0.115. The van der Waals surface area contributed by atoms with Crippen LogP contribution in [-0.4, -0.2) is 12.3 Å². The maximum Gasteiger partial charge on any atom is 0.144 e. The fourth-order valence-corrected chi connectivity index (χ4v) is 0.282. The molecule has 0 aliphatic rings. The summed E-state index contributed by atoms with van der Waals surface area (Å²) in [4.78, 5) is 12.1. The Balaban J connectivity index is 2.83. The summed E-state index contributed by atoms with van der Waals surface area (Å²) >= 11 is 4.93. The molecule has 0 aliphatic carbocycles. The Kier molecular flexibility index (Phi) is 3.08. The van der Waals surface area contributed by atoms with Crippen LogP contribution in [0.2, 0.25) is 0 Å². The van der Waals surface area contributed by atoms with Gasteiger partial charge in [-0.15, -0.1) is 0 Å². The van der Waals surface area contributed by atoms with E-state index in [2.05, 4.69) is 4.84 Å². The molecule has 0 amide bonds. The summed E-state index contributed by atoms with van der Waals surface area (Å²) in [6.45, 7) is 1.72. The van der Waals surface area contributed by atoms with Gasteiger partial charge in [0.05, 0.1) is 6.54 Å². The van der Waals surface area contributed by atoms with Crippen LogP contribution >= 0.6 is 11.8 Å². The van der Waals surface area contributed by atoms with E-state index in [1.165, 1.54) is 6.92 Å². The molecule has 3 heteroatoms. The van der Waals surface area contributed by atoms with E-state index in [-0.39, 0.29) is 12.3 Å². The first-order chi connectivity index (χ1) is 2.77. The number of nitrogens with one attached hydrogen (secondary N) is 1. The van der Waals surface area contributed by atoms with E-state index in [0.29, 0.717) is 0 Å². The number of hydrogen-bond acceptors (Lipinski definition) is 2. The molecule has 0 spiro atoms. The number of ketones is 1. The van der Waals surface area contributed by atoms with Gasteiger partial charge in [-0.1, -0.05) is 0 Å². The number of rotatable bonds is 2. The van der Waals surface area contributed by atoms with Gasteiger partial charge in [-0.3, -0.25) is 4.79 Å². The Bertz CT molecular complexity index is 54.8. The van der Waals surface area contributed by atoms with Gasteiger partial charge in [0.15, 0.2) is 0 Å². The van der Waals surface area contributed by atoms with E-state index in [4.69, 9.17) is 11.8 Å². The molecule has 2 nitrogen and oxygen atoms in total. The largest absolute Gasteiger partial charge is 0.299 e. The van der Waals surface area contributed by atoms with Gasteiger partial charge in [-0.25, -0.2) is 4.84 Å². The molecular weight excluding hydrogens is 101 g/mol. The van der Waals surface area contributed by atoms with E-state index in [9.17, 15) is 4.79 Å². The van der Waals surface area contributed by atoms with Crippen molar-refractivity contribution in [3.8, 4) is 0 Å². The normalized spacial score (nSPS) is 8.33. The highest BCUT2D eigenvalue weighted by Crippen LogP contribution is 1.63. The van der Waals surface area contributed by atoms with E-state index in [1.807, 2.05) is 0 Å². The van der Waals surface area contributed by atoms with Crippen LogP contribution in [0.15, 0.2) is 0 Å². The molecule has 0 aromatic rings. The highest BCUT2D eigenvalue weighted by molar-refractivity contribution is 6.14. The Labute approximate surface area is 41.6 Å². The van der Waals surface area contributed by atoms with Crippen LogP contribution in [0.1, 0.15) is 6.92 Å². The van der Waals surface area contributed by atoms with Crippen LogP contribution in [0.3, 0.4) is 0 Å². The minimum absolute atomic E-state index is 0.0463. The monoisotopic (exact) mass is 107 g/mol. The summed E-state index contributed by atoms with van der Waals surface area (Å²) in [5.41, 5.74) is 0. The van der Waals surface area contributed by atoms with Crippen LogP contribution in [-0.2, 0) is 4.79 Å². The molecule has 0 saturated heterocycles. The Morgan fingerprint density at radius 1 is 2.00 bits per heavy atom. The van der Waals surface area contributed by atoms with Crippen molar-refractivity contribution >= 4 is 17.6 Å². The third-order valence-corrected chi connectivity index (χ3v) is 0.449. The van der Waals surface area contributed by atoms with Crippen LogP contribution < -0.4 is 4.84 Å². The molecule has 0 atom stereocenters. The van der Waals surface area contributed by atoms with Crippen molar-refractivity contribution in [3.05, 3.63) is 0 Å². The molecule has 36 valence electrons. The number of carbonyl (C=O) groups is 1. The van der Waals surface area contributed by atoms with Crippen molar-refractivity contribution in [3.63, 3.8) is 0 Å². The van der Waals surface area contributed by atoms with E-state index >= 15 is 0 Å². The first-order valence-electron chi connectivity index (χ1n) is 1.60. The first kappa shape index (κ1) is 5.92. The molecule has 0 aromatic heterocycles. The fraction of sp³-hybridized carbons (Fsp3) is 0.667. The molecule has 0 heterocycles. The molecule has 0 aromatic carbocycles. The van der Waals surface area contributed by atoms with Crippen molar-refractivity contribution in [2.24, 2.45) is 0 Å². The zero-order valence-corrected chi connectivity index (χ0v) is 4.25. The summed E-state index contributed by atoms with van der Waals surface area (Å²) in [5.74, 6) is 0.0463. The molecule has 0 aliphatic heterocycles. The Hall–Kier alpha value is -0.0800. The van der Waals surface area contributed by atoms with Gasteiger partial charge in [0.2, 0.25) is 0 Å².